The Morgan fingerprint density at radius 2 is 1.85 bits per heavy atom. The normalized spacial score (nSPS) is 18.0. The van der Waals surface area contributed by atoms with Crippen LogP contribution in [0.3, 0.4) is 0 Å². The van der Waals surface area contributed by atoms with Gasteiger partial charge in [-0.15, -0.1) is 11.8 Å². The van der Waals surface area contributed by atoms with Crippen molar-refractivity contribution in [2.24, 2.45) is 5.92 Å². The monoisotopic (exact) mass is 587 g/mol. The predicted molar refractivity (Wildman–Crippen MR) is 147 cm³/mol. The van der Waals surface area contributed by atoms with Crippen molar-refractivity contribution in [1.29, 1.82) is 0 Å². The smallest absolute Gasteiger partial charge is 0.352 e. The van der Waals surface area contributed by atoms with Crippen LogP contribution in [0.1, 0.15) is 71.1 Å². The van der Waals surface area contributed by atoms with E-state index >= 15 is 0 Å². The van der Waals surface area contributed by atoms with Gasteiger partial charge in [-0.3, -0.25) is 4.79 Å². The van der Waals surface area contributed by atoms with Gasteiger partial charge in [0.1, 0.15) is 11.5 Å². The molecule has 1 aromatic heterocycles. The number of carbonyl (C=O) groups is 1. The summed E-state index contributed by atoms with van der Waals surface area (Å²) in [5, 5.41) is 6.56. The van der Waals surface area contributed by atoms with Gasteiger partial charge in [-0.05, 0) is 62.6 Å². The van der Waals surface area contributed by atoms with E-state index in [1.807, 2.05) is 13.8 Å². The molecule has 220 valence electrons. The maximum atomic E-state index is 13.7. The second kappa shape index (κ2) is 15.7. The van der Waals surface area contributed by atoms with Crippen molar-refractivity contribution in [3.63, 3.8) is 0 Å². The number of allylic oxidation sites excluding steroid dienone is 6. The molecule has 11 heteroatoms. The van der Waals surface area contributed by atoms with Crippen LogP contribution in [0.25, 0.3) is 5.70 Å². The van der Waals surface area contributed by atoms with Crippen LogP contribution in [0.2, 0.25) is 0 Å². The molecule has 4 nitrogen and oxygen atoms in total. The Kier molecular flexibility index (Phi) is 13.1. The molecule has 1 amide bonds. The number of nitrogens with zero attached hydrogens (tertiary/aromatic N) is 2. The molecule has 1 aromatic carbocycles. The number of carbonyl (C=O) groups excluding carboxylic acids is 1. The van der Waals surface area contributed by atoms with E-state index in [9.17, 15) is 31.1 Å². The molecule has 2 unspecified atom stereocenters. The third-order valence-corrected chi connectivity index (χ3v) is 7.52. The van der Waals surface area contributed by atoms with Crippen LogP contribution < -0.4 is 5.32 Å². The number of thioether (sulfide) groups is 1. The molecule has 3 rings (SSSR count). The quantitative estimate of drug-likeness (QED) is 0.211. The van der Waals surface area contributed by atoms with Crippen LogP contribution in [0.15, 0.2) is 65.2 Å². The van der Waals surface area contributed by atoms with E-state index in [1.165, 1.54) is 42.2 Å². The average molecular weight is 588 g/mol. The molecule has 1 aliphatic rings. The molecule has 2 aromatic rings. The van der Waals surface area contributed by atoms with Crippen molar-refractivity contribution in [1.82, 2.24) is 15.1 Å². The van der Waals surface area contributed by atoms with Gasteiger partial charge in [0.2, 0.25) is 5.91 Å². The van der Waals surface area contributed by atoms with Crippen LogP contribution >= 0.6 is 11.8 Å². The Bertz CT molecular complexity index is 1190. The van der Waals surface area contributed by atoms with Crippen molar-refractivity contribution < 1.29 is 31.1 Å². The van der Waals surface area contributed by atoms with Gasteiger partial charge in [-0.2, -0.15) is 18.3 Å². The molecule has 0 saturated heterocycles. The van der Waals surface area contributed by atoms with E-state index in [-0.39, 0.29) is 47.1 Å². The Morgan fingerprint density at radius 1 is 1.18 bits per heavy atom. The Hall–Kier alpha value is -2.95. The zero-order chi connectivity index (χ0) is 29.9. The summed E-state index contributed by atoms with van der Waals surface area (Å²) >= 11 is 1.47. The van der Waals surface area contributed by atoms with Crippen LogP contribution in [0, 0.1) is 11.7 Å². The summed E-state index contributed by atoms with van der Waals surface area (Å²) in [6.07, 6.45) is 0.639. The Balaban J connectivity index is 0.00000274. The first-order valence-corrected chi connectivity index (χ1v) is 14.1. The van der Waals surface area contributed by atoms with E-state index in [0.717, 1.165) is 28.2 Å². The van der Waals surface area contributed by atoms with E-state index in [1.54, 1.807) is 26.0 Å². The van der Waals surface area contributed by atoms with Gasteiger partial charge >= 0.3 is 6.18 Å². The molecular formula is C29H35F6N3OS. The fourth-order valence-corrected chi connectivity index (χ4v) is 5.17. The first-order chi connectivity index (χ1) is 19.0. The largest absolute Gasteiger partial charge is 0.416 e. The summed E-state index contributed by atoms with van der Waals surface area (Å²) in [6.45, 7) is 7.12. The van der Waals surface area contributed by atoms with Crippen LogP contribution in [-0.4, -0.2) is 27.1 Å². The van der Waals surface area contributed by atoms with Gasteiger partial charge < -0.3 is 5.32 Å². The number of alkyl halides is 5. The minimum Gasteiger partial charge on any atom is -0.352 e. The van der Waals surface area contributed by atoms with Crippen molar-refractivity contribution in [3.05, 3.63) is 77.4 Å². The highest BCUT2D eigenvalue weighted by molar-refractivity contribution is 8.00. The minimum absolute atomic E-state index is 0.0129. The van der Waals surface area contributed by atoms with Crippen molar-refractivity contribution >= 4 is 23.4 Å². The topological polar surface area (TPSA) is 46.9 Å². The Morgan fingerprint density at radius 3 is 2.38 bits per heavy atom. The summed E-state index contributed by atoms with van der Waals surface area (Å²) in [6, 6.07) is 5.97. The number of nitrogens with one attached hydrogen (secondary N) is 1. The zero-order valence-electron chi connectivity index (χ0n) is 22.9. The fourth-order valence-electron chi connectivity index (χ4n) is 3.85. The molecule has 2 atom stereocenters. The highest BCUT2D eigenvalue weighted by Gasteiger charge is 2.37. The number of hydrogen-bond acceptors (Lipinski definition) is 3. The number of benzene rings is 1. The highest BCUT2D eigenvalue weighted by Crippen LogP contribution is 2.41. The lowest BCUT2D eigenvalue weighted by atomic mass is 9.84. The van der Waals surface area contributed by atoms with E-state index in [2.05, 4.69) is 10.4 Å². The van der Waals surface area contributed by atoms with Gasteiger partial charge in [-0.25, -0.2) is 17.9 Å². The van der Waals surface area contributed by atoms with Crippen LogP contribution in [-0.2, 0) is 11.3 Å². The van der Waals surface area contributed by atoms with Crippen LogP contribution in [0.5, 0.6) is 0 Å². The van der Waals surface area contributed by atoms with Gasteiger partial charge in [0.05, 0.1) is 17.2 Å². The van der Waals surface area contributed by atoms with Gasteiger partial charge in [-0.1, -0.05) is 39.3 Å². The summed E-state index contributed by atoms with van der Waals surface area (Å²) in [7, 11) is 0. The van der Waals surface area contributed by atoms with Gasteiger partial charge in [0.25, 0.3) is 6.43 Å². The molecule has 1 N–H and O–H groups in total. The molecular weight excluding hydrogens is 552 g/mol. The highest BCUT2D eigenvalue weighted by atomic mass is 32.2. The lowest BCUT2D eigenvalue weighted by molar-refractivity contribution is -0.127. The lowest BCUT2D eigenvalue weighted by Gasteiger charge is -2.34. The third kappa shape index (κ3) is 9.31. The maximum absolute atomic E-state index is 13.7. The minimum atomic E-state index is -4.55. The van der Waals surface area contributed by atoms with Crippen molar-refractivity contribution in [2.75, 3.05) is 0 Å². The average Bonchev–Trinajstić information content (AvgIpc) is 3.33. The molecule has 1 fully saturated rings. The summed E-state index contributed by atoms with van der Waals surface area (Å²) in [4.78, 5) is 13.6. The molecule has 40 heavy (non-hydrogen) atoms. The molecule has 0 bridgehead atoms. The van der Waals surface area contributed by atoms with Gasteiger partial charge in [0.15, 0.2) is 0 Å². The first-order valence-electron chi connectivity index (χ1n) is 13.2. The number of amides is 1. The molecule has 0 radical (unpaired) electrons. The maximum Gasteiger partial charge on any atom is 0.416 e. The number of unbranched alkanes of at least 4 members (excludes halogenated alkanes) is 1. The van der Waals surface area contributed by atoms with Gasteiger partial charge in [0, 0.05) is 28.5 Å². The van der Waals surface area contributed by atoms with Crippen molar-refractivity contribution in [3.8, 4) is 0 Å². The predicted octanol–water partition coefficient (Wildman–Crippen LogP) is 8.88. The standard InChI is InChI=1S/C27H29F6N3OS.C2H6/c1-3-5-6-18(27(31,32)33)7-10-20(4-2)36-16-17(24(35-36)25(29)30)15-34-26(37)22-13-14-23(22)38-21-11-8-19(28)9-12-21;1-2/h4,6-12,16,22-23,25H,3,5,13-15H2,1-2H3,(H,34,37);1-2H3/b10-7-,18-6-,20-4+;. The number of halogens is 6. The molecule has 1 heterocycles. The SMILES string of the molecule is CC.C\C=C(/C=C\C(=C\CCC)C(F)(F)F)n1cc(CNC(=O)C2CCC2Sc2ccc(F)cc2)c(C(F)F)n1. The van der Waals surface area contributed by atoms with E-state index in [0.29, 0.717) is 12.8 Å². The molecule has 0 aliphatic heterocycles. The number of rotatable bonds is 11. The summed E-state index contributed by atoms with van der Waals surface area (Å²) < 4.78 is 81.5. The van der Waals surface area contributed by atoms with E-state index in [4.69, 9.17) is 0 Å². The number of aromatic nitrogens is 2. The third-order valence-electron chi connectivity index (χ3n) is 6.11. The second-order valence-corrected chi connectivity index (χ2v) is 10.1. The van der Waals surface area contributed by atoms with E-state index < -0.39 is 23.9 Å². The summed E-state index contributed by atoms with van der Waals surface area (Å²) in [5.41, 5.74) is -1.14. The fraction of sp³-hybridized carbons (Fsp3) is 0.448. The summed E-state index contributed by atoms with van der Waals surface area (Å²) in [5.74, 6) is -0.955. The first kappa shape index (κ1) is 33.3. The zero-order valence-corrected chi connectivity index (χ0v) is 23.8. The van der Waals surface area contributed by atoms with Crippen molar-refractivity contribution in [2.45, 2.75) is 82.7 Å². The molecule has 0 spiro atoms. The Labute approximate surface area is 235 Å². The van der Waals surface area contributed by atoms with Crippen LogP contribution in [0.4, 0.5) is 26.3 Å². The molecule has 1 aliphatic carbocycles. The number of hydrogen-bond donors (Lipinski definition) is 1. The molecule has 1 saturated carbocycles. The second-order valence-electron chi connectivity index (χ2n) is 8.79. The lowest BCUT2D eigenvalue weighted by Crippen LogP contribution is -2.42.